The average Bonchev–Trinajstić information content (AvgIpc) is 2.28. The summed E-state index contributed by atoms with van der Waals surface area (Å²) in [6, 6.07) is 4.75. The summed E-state index contributed by atoms with van der Waals surface area (Å²) in [7, 11) is -4.34. The molecule has 0 amide bonds. The van der Waals surface area contributed by atoms with Gasteiger partial charge in [-0.3, -0.25) is 8.94 Å². The maximum atomic E-state index is 12.0. The van der Waals surface area contributed by atoms with Crippen LogP contribution in [0.5, 0.6) is 5.75 Å². The van der Waals surface area contributed by atoms with Gasteiger partial charge < -0.3 is 4.74 Å². The minimum absolute atomic E-state index is 0.0780. The number of halogens is 1. The van der Waals surface area contributed by atoms with Gasteiger partial charge in [-0.15, -0.1) is 0 Å². The molecule has 1 aromatic carbocycles. The predicted molar refractivity (Wildman–Crippen MR) is 66.3 cm³/mol. The third-order valence-electron chi connectivity index (χ3n) is 2.37. The fourth-order valence-corrected chi connectivity index (χ4v) is 2.55. The molecule has 0 fully saturated rings. The zero-order valence-corrected chi connectivity index (χ0v) is 11.0. The van der Waals surface area contributed by atoms with E-state index < -0.39 is 16.8 Å². The normalized spacial score (nSPS) is 11.5. The van der Waals surface area contributed by atoms with E-state index in [0.29, 0.717) is 12.0 Å². The van der Waals surface area contributed by atoms with Crippen LogP contribution in [0.2, 0.25) is 0 Å². The molecule has 1 N–H and O–H groups in total. The van der Waals surface area contributed by atoms with E-state index in [1.165, 1.54) is 6.07 Å². The minimum atomic E-state index is -4.34. The molecule has 1 aromatic rings. The minimum Gasteiger partial charge on any atom is -0.492 e. The summed E-state index contributed by atoms with van der Waals surface area (Å²) in [5, 5.41) is 0. The molecule has 0 aromatic heterocycles. The van der Waals surface area contributed by atoms with E-state index in [1.54, 1.807) is 12.1 Å². The van der Waals surface area contributed by atoms with Crippen LogP contribution in [-0.4, -0.2) is 26.3 Å². The molecule has 0 saturated heterocycles. The number of hydrogen-bond acceptors (Lipinski definition) is 3. The first kappa shape index (κ1) is 14.9. The van der Waals surface area contributed by atoms with E-state index in [0.717, 1.165) is 6.42 Å². The summed E-state index contributed by atoms with van der Waals surface area (Å²) < 4.78 is 49.2. The number of rotatable bonds is 7. The van der Waals surface area contributed by atoms with Gasteiger partial charge in [-0.1, -0.05) is 25.5 Å². The second-order valence-corrected chi connectivity index (χ2v) is 5.22. The van der Waals surface area contributed by atoms with Crippen LogP contribution in [0, 0.1) is 0 Å². The quantitative estimate of drug-likeness (QED) is 0.614. The monoisotopic (exact) mass is 276 g/mol. The molecule has 1 rings (SSSR count). The number of alkyl halides is 1. The van der Waals surface area contributed by atoms with Crippen LogP contribution in [0.3, 0.4) is 0 Å². The molecule has 0 bridgehead atoms. The molecule has 0 atom stereocenters. The van der Waals surface area contributed by atoms with Gasteiger partial charge in [-0.05, 0) is 18.1 Å². The zero-order valence-electron chi connectivity index (χ0n) is 10.2. The van der Waals surface area contributed by atoms with Crippen LogP contribution in [0.1, 0.15) is 25.3 Å². The molecule has 0 aliphatic rings. The molecule has 0 aliphatic carbocycles. The summed E-state index contributed by atoms with van der Waals surface area (Å²) in [5.74, 6) is 0.0805. The van der Waals surface area contributed by atoms with E-state index in [9.17, 15) is 17.4 Å². The Hall–Kier alpha value is -1.14. The lowest BCUT2D eigenvalue weighted by atomic mass is 10.1. The molecule has 4 nitrogen and oxygen atoms in total. The first-order chi connectivity index (χ1) is 8.50. The van der Waals surface area contributed by atoms with Crippen LogP contribution in [0.25, 0.3) is 0 Å². The Morgan fingerprint density at radius 2 is 2.11 bits per heavy atom. The van der Waals surface area contributed by atoms with Crippen LogP contribution in [-0.2, 0) is 16.5 Å². The molecule has 0 unspecified atom stereocenters. The highest BCUT2D eigenvalue weighted by Crippen LogP contribution is 2.28. The lowest BCUT2D eigenvalue weighted by Gasteiger charge is -2.12. The lowest BCUT2D eigenvalue weighted by molar-refractivity contribution is 0.282. The van der Waals surface area contributed by atoms with E-state index >= 15 is 0 Å². The molecular formula is C12H17FO4S. The van der Waals surface area contributed by atoms with Gasteiger partial charge >= 0.3 is 0 Å². The van der Waals surface area contributed by atoms with Crippen molar-refractivity contribution in [2.24, 2.45) is 0 Å². The smallest absolute Gasteiger partial charge is 0.298 e. The number of ether oxygens (including phenoxy) is 1. The van der Waals surface area contributed by atoms with Gasteiger partial charge in [0.15, 0.2) is 0 Å². The Morgan fingerprint density at radius 1 is 1.39 bits per heavy atom. The van der Waals surface area contributed by atoms with Crippen molar-refractivity contribution in [1.29, 1.82) is 0 Å². The molecular weight excluding hydrogens is 259 g/mol. The highest BCUT2D eigenvalue weighted by atomic mass is 32.2. The van der Waals surface area contributed by atoms with Crippen LogP contribution in [0.15, 0.2) is 23.1 Å². The SMILES string of the molecule is CCCc1cccc(OCCCF)c1S(=O)(=O)O. The molecule has 102 valence electrons. The van der Waals surface area contributed by atoms with Gasteiger partial charge in [0, 0.05) is 6.42 Å². The number of benzene rings is 1. The Bertz CT molecular complexity index is 485. The van der Waals surface area contributed by atoms with Gasteiger partial charge in [0.2, 0.25) is 0 Å². The van der Waals surface area contributed by atoms with Gasteiger partial charge in [0.1, 0.15) is 10.6 Å². The van der Waals surface area contributed by atoms with E-state index in [-0.39, 0.29) is 23.7 Å². The largest absolute Gasteiger partial charge is 0.492 e. The van der Waals surface area contributed by atoms with Crippen molar-refractivity contribution in [2.75, 3.05) is 13.3 Å². The second kappa shape index (κ2) is 6.70. The fourth-order valence-electron chi connectivity index (χ4n) is 1.67. The van der Waals surface area contributed by atoms with Crippen LogP contribution < -0.4 is 4.74 Å². The van der Waals surface area contributed by atoms with Crippen molar-refractivity contribution >= 4 is 10.1 Å². The maximum absolute atomic E-state index is 12.0. The lowest BCUT2D eigenvalue weighted by Crippen LogP contribution is -2.08. The van der Waals surface area contributed by atoms with E-state index in [1.807, 2.05) is 6.92 Å². The third kappa shape index (κ3) is 3.96. The fraction of sp³-hybridized carbons (Fsp3) is 0.500. The van der Waals surface area contributed by atoms with Gasteiger partial charge in [0.05, 0.1) is 13.3 Å². The van der Waals surface area contributed by atoms with Crippen LogP contribution in [0.4, 0.5) is 4.39 Å². The number of hydrogen-bond donors (Lipinski definition) is 1. The summed E-state index contributed by atoms with van der Waals surface area (Å²) in [4.78, 5) is -0.203. The summed E-state index contributed by atoms with van der Waals surface area (Å²) in [6.45, 7) is 1.45. The molecule has 0 spiro atoms. The van der Waals surface area contributed by atoms with Gasteiger partial charge in [0.25, 0.3) is 10.1 Å². The number of aryl methyl sites for hydroxylation is 1. The molecule has 6 heteroatoms. The Kier molecular flexibility index (Phi) is 5.55. The molecule has 0 radical (unpaired) electrons. The van der Waals surface area contributed by atoms with Crippen molar-refractivity contribution in [1.82, 2.24) is 0 Å². The topological polar surface area (TPSA) is 63.6 Å². The van der Waals surface area contributed by atoms with Crippen molar-refractivity contribution in [2.45, 2.75) is 31.1 Å². The van der Waals surface area contributed by atoms with E-state index in [4.69, 9.17) is 4.74 Å². The summed E-state index contributed by atoms with van der Waals surface area (Å²) in [5.41, 5.74) is 0.512. The first-order valence-electron chi connectivity index (χ1n) is 5.78. The van der Waals surface area contributed by atoms with Crippen molar-refractivity contribution in [3.63, 3.8) is 0 Å². The van der Waals surface area contributed by atoms with Crippen molar-refractivity contribution in [3.8, 4) is 5.75 Å². The third-order valence-corrected chi connectivity index (χ3v) is 3.35. The standard InChI is InChI=1S/C12H17FO4S/c1-2-5-10-6-3-7-11(17-9-4-8-13)12(10)18(14,15)16/h3,6-7H,2,4-5,8-9H2,1H3,(H,14,15,16). The maximum Gasteiger partial charge on any atom is 0.298 e. The first-order valence-corrected chi connectivity index (χ1v) is 7.22. The van der Waals surface area contributed by atoms with Crippen molar-refractivity contribution in [3.05, 3.63) is 23.8 Å². The highest BCUT2D eigenvalue weighted by molar-refractivity contribution is 7.86. The summed E-state index contributed by atoms with van der Waals surface area (Å²) in [6.07, 6.45) is 1.45. The summed E-state index contributed by atoms with van der Waals surface area (Å²) >= 11 is 0. The van der Waals surface area contributed by atoms with E-state index in [2.05, 4.69) is 0 Å². The Morgan fingerprint density at radius 3 is 2.67 bits per heavy atom. The van der Waals surface area contributed by atoms with Gasteiger partial charge in [-0.2, -0.15) is 8.42 Å². The Labute approximate surface area is 107 Å². The highest BCUT2D eigenvalue weighted by Gasteiger charge is 2.20. The van der Waals surface area contributed by atoms with Gasteiger partial charge in [-0.25, -0.2) is 0 Å². The van der Waals surface area contributed by atoms with Crippen LogP contribution >= 0.6 is 0 Å². The average molecular weight is 276 g/mol. The molecule has 18 heavy (non-hydrogen) atoms. The second-order valence-electron chi connectivity index (χ2n) is 3.86. The molecule has 0 heterocycles. The Balaban J connectivity index is 3.12. The molecule has 0 saturated carbocycles. The zero-order chi connectivity index (χ0) is 13.6. The molecule has 0 aliphatic heterocycles. The van der Waals surface area contributed by atoms with Crippen molar-refractivity contribution < 1.29 is 22.1 Å². The predicted octanol–water partition coefficient (Wildman–Crippen LogP) is 2.62.